The molecule has 0 heterocycles. The Morgan fingerprint density at radius 1 is 0.511 bits per heavy atom. The molecule has 0 radical (unpaired) electrons. The molecule has 0 aliphatic heterocycles. The van der Waals surface area contributed by atoms with Crippen molar-refractivity contribution in [1.29, 1.82) is 0 Å². The van der Waals surface area contributed by atoms with Gasteiger partial charge in [-0.15, -0.1) is 0 Å². The summed E-state index contributed by atoms with van der Waals surface area (Å²) in [6, 6.07) is 23.4. The fraction of sp³-hybridized carbons (Fsp3) is 0.488. The van der Waals surface area contributed by atoms with Crippen LogP contribution in [-0.4, -0.2) is 64.3 Å². The molecule has 242 valence electrons. The number of allylic oxidation sites excluding steroid dienone is 1. The third-order valence-corrected chi connectivity index (χ3v) is 9.68. The second-order valence-corrected chi connectivity index (χ2v) is 15.8. The summed E-state index contributed by atoms with van der Waals surface area (Å²) >= 11 is 0. The summed E-state index contributed by atoms with van der Waals surface area (Å²) in [6.45, 7) is 6.80. The van der Waals surface area contributed by atoms with Crippen LogP contribution in [0.4, 0.5) is 0 Å². The number of fused-ring (bicyclic) bond motifs is 3. The summed E-state index contributed by atoms with van der Waals surface area (Å²) in [7, 11) is 13.9. The number of hydrogen-bond donors (Lipinski definition) is 0. The van der Waals surface area contributed by atoms with E-state index in [4.69, 9.17) is 0 Å². The second-order valence-electron chi connectivity index (χ2n) is 15.8. The molecule has 0 aromatic heterocycles. The lowest BCUT2D eigenvalue weighted by atomic mass is 9.70. The third kappa shape index (κ3) is 10.0. The van der Waals surface area contributed by atoms with Crippen molar-refractivity contribution in [2.45, 2.75) is 83.5 Å². The van der Waals surface area contributed by atoms with Crippen LogP contribution in [-0.2, 0) is 5.41 Å². The van der Waals surface area contributed by atoms with Gasteiger partial charge in [-0.3, -0.25) is 0 Å². The van der Waals surface area contributed by atoms with Gasteiger partial charge in [0.15, 0.2) is 0 Å². The number of rotatable bonds is 17. The lowest BCUT2D eigenvalue weighted by Gasteiger charge is -2.33. The minimum absolute atomic E-state index is 0.0795. The number of unbranched alkanes of at least 4 members (excludes halogenated alkanes) is 6. The first-order valence-corrected chi connectivity index (χ1v) is 17.7. The van der Waals surface area contributed by atoms with Gasteiger partial charge in [-0.2, -0.15) is 0 Å². The summed E-state index contributed by atoms with van der Waals surface area (Å²) < 4.78 is 2.12. The predicted octanol–water partition coefficient (Wildman–Crippen LogP) is 10.8. The van der Waals surface area contributed by atoms with Gasteiger partial charge >= 0.3 is 0 Å². The third-order valence-electron chi connectivity index (χ3n) is 9.68. The molecule has 0 spiro atoms. The van der Waals surface area contributed by atoms with Gasteiger partial charge in [-0.25, -0.2) is 0 Å². The number of benzene rings is 3. The molecule has 4 rings (SSSR count). The summed E-state index contributed by atoms with van der Waals surface area (Å²) in [6.07, 6.45) is 22.0. The van der Waals surface area contributed by atoms with E-state index in [0.29, 0.717) is 0 Å². The average Bonchev–Trinajstić information content (AvgIpc) is 3.24. The molecule has 1 aliphatic rings. The highest BCUT2D eigenvalue weighted by molar-refractivity contribution is 5.84. The van der Waals surface area contributed by atoms with Crippen LogP contribution < -0.4 is 0 Å². The lowest BCUT2D eigenvalue weighted by Crippen LogP contribution is -2.35. The van der Waals surface area contributed by atoms with Crippen molar-refractivity contribution in [2.24, 2.45) is 0 Å². The molecule has 0 atom stereocenters. The molecule has 1 aliphatic carbocycles. The Bertz CT molecular complexity index is 1400. The van der Waals surface area contributed by atoms with E-state index in [1.54, 1.807) is 11.1 Å². The normalized spacial score (nSPS) is 14.4. The van der Waals surface area contributed by atoms with E-state index in [-0.39, 0.29) is 5.41 Å². The Labute approximate surface area is 276 Å². The Morgan fingerprint density at radius 2 is 0.933 bits per heavy atom. The van der Waals surface area contributed by atoms with Crippen molar-refractivity contribution in [2.75, 3.05) is 55.4 Å². The van der Waals surface area contributed by atoms with Crippen molar-refractivity contribution in [3.05, 3.63) is 100 Å². The topological polar surface area (TPSA) is 0 Å². The van der Waals surface area contributed by atoms with Crippen molar-refractivity contribution in [3.63, 3.8) is 0 Å². The van der Waals surface area contributed by atoms with Crippen molar-refractivity contribution < 1.29 is 8.97 Å². The van der Waals surface area contributed by atoms with E-state index in [1.807, 2.05) is 0 Å². The van der Waals surface area contributed by atoms with E-state index >= 15 is 0 Å². The van der Waals surface area contributed by atoms with Crippen LogP contribution in [0.2, 0.25) is 0 Å². The fourth-order valence-corrected chi connectivity index (χ4v) is 7.20. The summed E-state index contributed by atoms with van der Waals surface area (Å²) in [5.41, 5.74) is 11.3. The predicted molar refractivity (Wildman–Crippen MR) is 199 cm³/mol. The minimum atomic E-state index is 0.0795. The molecular formula is C43H62N2+2. The van der Waals surface area contributed by atoms with Crippen LogP contribution in [0.25, 0.3) is 29.4 Å². The molecule has 0 N–H and O–H groups in total. The molecule has 3 aromatic carbocycles. The molecule has 0 fully saturated rings. The first-order valence-electron chi connectivity index (χ1n) is 17.7. The molecule has 0 saturated heterocycles. The van der Waals surface area contributed by atoms with Crippen LogP contribution in [0.15, 0.2) is 66.7 Å². The molecular weight excluding hydrogens is 544 g/mol. The molecule has 2 heteroatoms. The van der Waals surface area contributed by atoms with Crippen LogP contribution in [0.5, 0.6) is 0 Å². The van der Waals surface area contributed by atoms with Gasteiger partial charge in [0.1, 0.15) is 0 Å². The van der Waals surface area contributed by atoms with Crippen LogP contribution >= 0.6 is 0 Å². The second kappa shape index (κ2) is 15.6. The van der Waals surface area contributed by atoms with Gasteiger partial charge in [0, 0.05) is 5.41 Å². The maximum atomic E-state index is 2.55. The lowest BCUT2D eigenvalue weighted by molar-refractivity contribution is -0.870. The van der Waals surface area contributed by atoms with E-state index in [9.17, 15) is 0 Å². The van der Waals surface area contributed by atoms with Crippen LogP contribution in [0.1, 0.15) is 105 Å². The van der Waals surface area contributed by atoms with Gasteiger partial charge in [0.05, 0.1) is 55.4 Å². The number of aryl methyl sites for hydroxylation is 1. The highest BCUT2D eigenvalue weighted by Gasteiger charge is 2.42. The van der Waals surface area contributed by atoms with Crippen LogP contribution in [0.3, 0.4) is 0 Å². The fourth-order valence-electron chi connectivity index (χ4n) is 7.20. The van der Waals surface area contributed by atoms with E-state index < -0.39 is 0 Å². The van der Waals surface area contributed by atoms with E-state index in [0.717, 1.165) is 8.97 Å². The van der Waals surface area contributed by atoms with Crippen molar-refractivity contribution in [3.8, 4) is 11.1 Å². The smallest absolute Gasteiger partial charge is 0.0780 e. The summed E-state index contributed by atoms with van der Waals surface area (Å²) in [4.78, 5) is 0. The number of nitrogens with zero attached hydrogens (tertiary/aromatic N) is 2. The first-order chi connectivity index (χ1) is 21.4. The molecule has 0 unspecified atom stereocenters. The molecule has 0 saturated carbocycles. The Kier molecular flexibility index (Phi) is 12.1. The minimum Gasteiger partial charge on any atom is -0.331 e. The molecule has 2 nitrogen and oxygen atoms in total. The zero-order valence-corrected chi connectivity index (χ0v) is 30.0. The van der Waals surface area contributed by atoms with Crippen LogP contribution in [0, 0.1) is 6.92 Å². The molecule has 0 amide bonds. The highest BCUT2D eigenvalue weighted by atomic mass is 15.3. The van der Waals surface area contributed by atoms with Gasteiger partial charge in [0.2, 0.25) is 0 Å². The Morgan fingerprint density at radius 3 is 1.40 bits per heavy atom. The Balaban J connectivity index is 1.66. The van der Waals surface area contributed by atoms with E-state index in [1.165, 1.54) is 111 Å². The summed E-state index contributed by atoms with van der Waals surface area (Å²) in [5.74, 6) is 0. The van der Waals surface area contributed by atoms with E-state index in [2.05, 4.69) is 141 Å². The zero-order chi connectivity index (χ0) is 32.5. The SMILES string of the molecule is C/C=C/c1ccc2c(c1)C(CCCCCC[N+](C)(C)C)(CCCCCC[N+](C)(C)C)c1cc(/C=C/c3ccc(C)cc3)ccc1-2. The van der Waals surface area contributed by atoms with Crippen molar-refractivity contribution in [1.82, 2.24) is 0 Å². The Hall–Kier alpha value is -2.94. The maximum Gasteiger partial charge on any atom is 0.0780 e. The molecule has 0 bridgehead atoms. The van der Waals surface area contributed by atoms with Gasteiger partial charge in [-0.05, 0) is 91.3 Å². The van der Waals surface area contributed by atoms with Gasteiger partial charge < -0.3 is 8.97 Å². The quantitative estimate of drug-likeness (QED) is 0.0814. The van der Waals surface area contributed by atoms with Crippen molar-refractivity contribution >= 4 is 18.2 Å². The van der Waals surface area contributed by atoms with Gasteiger partial charge in [0.25, 0.3) is 0 Å². The molecule has 45 heavy (non-hydrogen) atoms. The first kappa shape index (κ1) is 34.9. The number of quaternary nitrogens is 2. The zero-order valence-electron chi connectivity index (χ0n) is 30.0. The molecule has 3 aromatic rings. The average molecular weight is 607 g/mol. The standard InChI is InChI=1S/C43H62N2/c1-9-18-37-25-27-39-40-28-26-38(24-23-36-21-19-35(2)20-22-36)34-42(40)43(41(39)33-37,29-14-10-12-16-31-44(3,4)5)30-15-11-13-17-32-45(6,7)8/h9,18-28,33-34H,10-17,29-32H2,1-8H3/q+2/b18-9+,24-23+. The highest BCUT2D eigenvalue weighted by Crippen LogP contribution is 2.54. The number of hydrogen-bond acceptors (Lipinski definition) is 0. The summed E-state index contributed by atoms with van der Waals surface area (Å²) in [5, 5.41) is 0. The maximum absolute atomic E-state index is 2.55. The van der Waals surface area contributed by atoms with Gasteiger partial charge in [-0.1, -0.05) is 116 Å². The largest absolute Gasteiger partial charge is 0.331 e. The monoisotopic (exact) mass is 606 g/mol.